The molecule has 0 spiro atoms. The number of halogens is 6. The van der Waals surface area contributed by atoms with E-state index in [1.807, 2.05) is 0 Å². The summed E-state index contributed by atoms with van der Waals surface area (Å²) in [4.78, 5) is 40.8. The highest BCUT2D eigenvalue weighted by atomic mass is 32.1. The van der Waals surface area contributed by atoms with Gasteiger partial charge in [0.1, 0.15) is 10.4 Å². The van der Waals surface area contributed by atoms with E-state index in [9.17, 15) is 46.0 Å². The zero-order chi connectivity index (χ0) is 27.8. The number of nitrogens with zero attached hydrogens (tertiary/aromatic N) is 4. The van der Waals surface area contributed by atoms with E-state index in [-0.39, 0.29) is 41.6 Å². The zero-order valence-corrected chi connectivity index (χ0v) is 19.6. The Morgan fingerprint density at radius 1 is 1.05 bits per heavy atom. The number of nitrogens with one attached hydrogen (secondary N) is 1. The molecule has 1 aliphatic heterocycles. The molecule has 202 valence electrons. The van der Waals surface area contributed by atoms with Crippen molar-refractivity contribution in [3.63, 3.8) is 0 Å². The van der Waals surface area contributed by atoms with Crippen molar-refractivity contribution in [1.82, 2.24) is 15.4 Å². The van der Waals surface area contributed by atoms with Crippen molar-refractivity contribution in [2.24, 2.45) is 0 Å². The van der Waals surface area contributed by atoms with Crippen molar-refractivity contribution < 1.29 is 40.8 Å². The Labute approximate surface area is 212 Å². The normalized spacial score (nSPS) is 14.9. The molecule has 2 aromatic carbocycles. The van der Waals surface area contributed by atoms with Gasteiger partial charge in [-0.1, -0.05) is 11.3 Å². The van der Waals surface area contributed by atoms with Gasteiger partial charge in [0.25, 0.3) is 17.2 Å². The van der Waals surface area contributed by atoms with E-state index in [1.54, 1.807) is 4.90 Å². The number of hydrogen-bond acceptors (Lipinski definition) is 9. The Bertz CT molecular complexity index is 1440. The summed E-state index contributed by atoms with van der Waals surface area (Å²) in [6.45, 7) is 0.802. The van der Waals surface area contributed by atoms with E-state index < -0.39 is 51.3 Å². The van der Waals surface area contributed by atoms with Gasteiger partial charge in [0.2, 0.25) is 0 Å². The minimum atomic E-state index is -4.89. The van der Waals surface area contributed by atoms with Gasteiger partial charge in [0.05, 0.1) is 15.9 Å². The van der Waals surface area contributed by atoms with E-state index in [2.05, 4.69) is 15.1 Å². The third-order valence-electron chi connectivity index (χ3n) is 5.37. The first-order valence-electron chi connectivity index (χ1n) is 10.6. The predicted molar refractivity (Wildman–Crippen MR) is 122 cm³/mol. The maximum atomic E-state index is 13.1. The summed E-state index contributed by atoms with van der Waals surface area (Å²) < 4.78 is 79.8. The first-order valence-corrected chi connectivity index (χ1v) is 11.4. The van der Waals surface area contributed by atoms with Gasteiger partial charge in [-0.05, 0) is 30.3 Å². The summed E-state index contributed by atoms with van der Waals surface area (Å²) in [5.41, 5.74) is -0.577. The van der Waals surface area contributed by atoms with Crippen molar-refractivity contribution >= 4 is 38.1 Å². The maximum Gasteiger partial charge on any atom is 0.573 e. The molecule has 1 saturated heterocycles. The molecule has 0 saturated carbocycles. The molecule has 0 unspecified atom stereocenters. The molecule has 0 atom stereocenters. The quantitative estimate of drug-likeness (QED) is 0.282. The van der Waals surface area contributed by atoms with Gasteiger partial charge in [-0.3, -0.25) is 25.1 Å². The molecule has 3 aromatic rings. The maximum absolute atomic E-state index is 13.1. The Hall–Kier alpha value is -3.99. The van der Waals surface area contributed by atoms with Gasteiger partial charge in [0.15, 0.2) is 5.13 Å². The van der Waals surface area contributed by atoms with E-state index in [4.69, 9.17) is 0 Å². The third kappa shape index (κ3) is 6.10. The second-order valence-corrected chi connectivity index (χ2v) is 8.89. The van der Waals surface area contributed by atoms with Crippen LogP contribution in [-0.4, -0.2) is 53.4 Å². The van der Waals surface area contributed by atoms with Crippen LogP contribution in [0.5, 0.6) is 5.75 Å². The Morgan fingerprint density at radius 2 is 1.68 bits per heavy atom. The topological polar surface area (TPSA) is 118 Å². The zero-order valence-electron chi connectivity index (χ0n) is 18.8. The molecule has 17 heteroatoms. The summed E-state index contributed by atoms with van der Waals surface area (Å²) in [6.07, 6.45) is -9.76. The number of hydrogen-bond donors (Lipinski definition) is 1. The molecular formula is C21H15F6N5O5S. The molecule has 10 nitrogen and oxygen atoms in total. The van der Waals surface area contributed by atoms with E-state index in [1.165, 1.54) is 5.01 Å². The van der Waals surface area contributed by atoms with Crippen LogP contribution in [0.3, 0.4) is 0 Å². The number of carbonyl (C=O) groups is 1. The number of nitro benzene ring substituents is 1. The van der Waals surface area contributed by atoms with Crippen molar-refractivity contribution in [3.8, 4) is 5.75 Å². The summed E-state index contributed by atoms with van der Waals surface area (Å²) in [7, 11) is 0. The van der Waals surface area contributed by atoms with Gasteiger partial charge in [-0.25, -0.2) is 5.01 Å². The fraction of sp³-hybridized carbons (Fsp3) is 0.286. The second-order valence-electron chi connectivity index (χ2n) is 7.92. The summed E-state index contributed by atoms with van der Waals surface area (Å²) in [5, 5.41) is 12.5. The molecule has 0 radical (unpaired) electrons. The van der Waals surface area contributed by atoms with Crippen LogP contribution >= 0.6 is 11.3 Å². The Balaban J connectivity index is 1.46. The number of anilines is 1. The second kappa shape index (κ2) is 10.1. The first kappa shape index (κ1) is 27.1. The number of fused-ring (bicyclic) bond motifs is 1. The number of benzene rings is 2. The number of rotatable bonds is 5. The van der Waals surface area contributed by atoms with Crippen LogP contribution in [0.1, 0.15) is 15.9 Å². The highest BCUT2D eigenvalue weighted by Gasteiger charge is 2.35. The number of alkyl halides is 6. The van der Waals surface area contributed by atoms with Crippen LogP contribution in [0.15, 0.2) is 41.2 Å². The van der Waals surface area contributed by atoms with Crippen LogP contribution in [0, 0.1) is 10.1 Å². The minimum Gasteiger partial charge on any atom is -0.406 e. The number of piperazine rings is 1. The number of amides is 1. The molecule has 1 aliphatic rings. The van der Waals surface area contributed by atoms with E-state index in [0.29, 0.717) is 23.5 Å². The fourth-order valence-electron chi connectivity index (χ4n) is 3.60. The fourth-order valence-corrected chi connectivity index (χ4v) is 4.72. The lowest BCUT2D eigenvalue weighted by atomic mass is 10.1. The van der Waals surface area contributed by atoms with Crippen molar-refractivity contribution in [2.45, 2.75) is 12.5 Å². The molecule has 1 N–H and O–H groups in total. The molecule has 38 heavy (non-hydrogen) atoms. The van der Waals surface area contributed by atoms with Gasteiger partial charge in [-0.15, -0.1) is 13.2 Å². The summed E-state index contributed by atoms with van der Waals surface area (Å²) in [5.74, 6) is -1.08. The van der Waals surface area contributed by atoms with E-state index in [0.717, 1.165) is 24.3 Å². The lowest BCUT2D eigenvalue weighted by Gasteiger charge is -2.34. The van der Waals surface area contributed by atoms with Crippen LogP contribution < -0.4 is 20.6 Å². The highest BCUT2D eigenvalue weighted by molar-refractivity contribution is 7.22. The average Bonchev–Trinajstić information content (AvgIpc) is 2.82. The molecule has 0 bridgehead atoms. The van der Waals surface area contributed by atoms with Crippen LogP contribution in [0.25, 0.3) is 10.1 Å². The monoisotopic (exact) mass is 563 g/mol. The van der Waals surface area contributed by atoms with Crippen molar-refractivity contribution in [3.05, 3.63) is 68.0 Å². The van der Waals surface area contributed by atoms with Crippen LogP contribution in [0.4, 0.5) is 37.2 Å². The van der Waals surface area contributed by atoms with Crippen molar-refractivity contribution in [2.75, 3.05) is 31.1 Å². The summed E-state index contributed by atoms with van der Waals surface area (Å²) in [6, 6.07) is 5.19. The third-order valence-corrected chi connectivity index (χ3v) is 6.54. The molecule has 1 fully saturated rings. The van der Waals surface area contributed by atoms with Gasteiger partial charge >= 0.3 is 12.5 Å². The SMILES string of the molecule is O=C(NN1CCN(c2nc(=O)c3cc(C(F)(F)F)cc([N+](=O)[O-])c3s2)CC1)c1ccc(OC(F)(F)F)cc1. The minimum absolute atomic E-state index is 0.0663. The Kier molecular flexibility index (Phi) is 7.16. The molecule has 1 amide bonds. The van der Waals surface area contributed by atoms with Crippen LogP contribution in [-0.2, 0) is 6.18 Å². The summed E-state index contributed by atoms with van der Waals surface area (Å²) >= 11 is 0.707. The lowest BCUT2D eigenvalue weighted by Crippen LogP contribution is -2.53. The van der Waals surface area contributed by atoms with Gasteiger partial charge in [0, 0.05) is 37.8 Å². The van der Waals surface area contributed by atoms with Gasteiger partial charge in [-0.2, -0.15) is 18.2 Å². The molecule has 2 heterocycles. The standard InChI is InChI=1S/C21H15F6N5O5S/c22-20(23,24)12-9-14-16(15(10-12)32(35)36)38-19(28-18(14)34)30-5-7-31(8-6-30)29-17(33)11-1-3-13(4-2-11)37-21(25,26)27/h1-4,9-10H,5-8H2,(H,29,33). The molecular weight excluding hydrogens is 548 g/mol. The number of carbonyl (C=O) groups excluding carboxylic acids is 1. The molecule has 0 aliphatic carbocycles. The molecule has 4 rings (SSSR count). The lowest BCUT2D eigenvalue weighted by molar-refractivity contribution is -0.383. The largest absolute Gasteiger partial charge is 0.573 e. The average molecular weight is 563 g/mol. The van der Waals surface area contributed by atoms with E-state index >= 15 is 0 Å². The van der Waals surface area contributed by atoms with Crippen LogP contribution in [0.2, 0.25) is 0 Å². The number of aromatic nitrogens is 1. The number of ether oxygens (including phenoxy) is 1. The first-order chi connectivity index (χ1) is 17.7. The number of hydrazine groups is 1. The number of non-ortho nitro benzene ring substituents is 1. The predicted octanol–water partition coefficient (Wildman–Crippen LogP) is 3.95. The Morgan fingerprint density at radius 3 is 2.24 bits per heavy atom. The smallest absolute Gasteiger partial charge is 0.406 e. The van der Waals surface area contributed by atoms with Gasteiger partial charge < -0.3 is 9.64 Å². The van der Waals surface area contributed by atoms with Crippen molar-refractivity contribution in [1.29, 1.82) is 0 Å². The molecule has 1 aromatic heterocycles. The number of nitro groups is 1. The highest BCUT2D eigenvalue weighted by Crippen LogP contribution is 2.38.